The van der Waals surface area contributed by atoms with Gasteiger partial charge in [-0.05, 0) is 103 Å². The maximum atomic E-state index is 2.36. The fraction of sp³-hybridized carbons (Fsp3) is 0. The smallest absolute Gasteiger partial charge is 0.0462 e. The summed E-state index contributed by atoms with van der Waals surface area (Å²) in [6.45, 7) is 0. The van der Waals surface area contributed by atoms with Crippen LogP contribution in [0.4, 0.5) is 17.1 Å². The third-order valence-electron chi connectivity index (χ3n) is 11.7. The lowest BCUT2D eigenvalue weighted by Crippen LogP contribution is -2.09. The van der Waals surface area contributed by atoms with Crippen LogP contribution in [-0.2, 0) is 0 Å². The summed E-state index contributed by atoms with van der Waals surface area (Å²) in [5.74, 6) is 0. The van der Waals surface area contributed by atoms with Crippen LogP contribution >= 0.6 is 11.3 Å². The molecule has 0 amide bonds. The molecule has 60 heavy (non-hydrogen) atoms. The summed E-state index contributed by atoms with van der Waals surface area (Å²) in [4.78, 5) is 2.36. The number of fused-ring (bicyclic) bond motifs is 4. The van der Waals surface area contributed by atoms with E-state index in [1.54, 1.807) is 0 Å². The Morgan fingerprint density at radius 1 is 0.267 bits per heavy atom. The quantitative estimate of drug-likeness (QED) is 0.148. The van der Waals surface area contributed by atoms with Crippen LogP contribution in [0, 0.1) is 0 Å². The van der Waals surface area contributed by atoms with Crippen LogP contribution in [0.1, 0.15) is 0 Å². The minimum Gasteiger partial charge on any atom is -0.311 e. The molecule has 0 fully saturated rings. The Bertz CT molecular complexity index is 3250. The van der Waals surface area contributed by atoms with Crippen molar-refractivity contribution in [1.29, 1.82) is 0 Å². The first-order chi connectivity index (χ1) is 29.7. The number of rotatable bonds is 8. The van der Waals surface area contributed by atoms with Gasteiger partial charge in [-0.1, -0.05) is 194 Å². The molecule has 10 aromatic carbocycles. The molecule has 2 heteroatoms. The van der Waals surface area contributed by atoms with E-state index in [-0.39, 0.29) is 0 Å². The van der Waals surface area contributed by atoms with Crippen molar-refractivity contribution in [3.8, 4) is 55.6 Å². The minimum atomic E-state index is 1.10. The molecular weight excluding hydrogens is 743 g/mol. The van der Waals surface area contributed by atoms with Gasteiger partial charge in [-0.25, -0.2) is 0 Å². The standard InChI is InChI=1S/C58H39NS/c1-3-12-40(13-4-1)42-22-24-47(25-23-42)57-53(38-39-55-54-19-9-10-21-56(54)60-58(55)57)46-30-36-50(37-31-46)59(48-32-26-43(27-33-48)41-14-5-2-6-15-41)49-34-28-45(29-35-49)52-20-11-17-44-16-7-8-18-51(44)52/h1-39H. The van der Waals surface area contributed by atoms with Gasteiger partial charge < -0.3 is 4.90 Å². The molecule has 0 N–H and O–H groups in total. The average Bonchev–Trinajstić information content (AvgIpc) is 3.71. The SMILES string of the molecule is c1ccc(-c2ccc(-c3c(-c4ccc(N(c5ccc(-c6ccccc6)cc5)c5ccc(-c6cccc7ccccc67)cc5)cc4)ccc4c3sc3ccccc34)cc2)cc1. The monoisotopic (exact) mass is 781 g/mol. The Balaban J connectivity index is 1.01. The van der Waals surface area contributed by atoms with Gasteiger partial charge in [-0.15, -0.1) is 11.3 Å². The van der Waals surface area contributed by atoms with Crippen molar-refractivity contribution in [3.63, 3.8) is 0 Å². The van der Waals surface area contributed by atoms with Crippen molar-refractivity contribution in [2.24, 2.45) is 0 Å². The Labute approximate surface area is 354 Å². The van der Waals surface area contributed by atoms with Gasteiger partial charge in [0.05, 0.1) is 0 Å². The number of benzene rings is 10. The molecule has 1 nitrogen and oxygen atoms in total. The molecule has 0 saturated carbocycles. The lowest BCUT2D eigenvalue weighted by atomic mass is 9.91. The van der Waals surface area contributed by atoms with Crippen molar-refractivity contribution >= 4 is 59.3 Å². The van der Waals surface area contributed by atoms with Crippen LogP contribution in [0.15, 0.2) is 237 Å². The van der Waals surface area contributed by atoms with Crippen molar-refractivity contribution in [2.75, 3.05) is 4.90 Å². The van der Waals surface area contributed by atoms with Crippen molar-refractivity contribution in [3.05, 3.63) is 237 Å². The van der Waals surface area contributed by atoms with Crippen molar-refractivity contribution in [1.82, 2.24) is 0 Å². The van der Waals surface area contributed by atoms with Gasteiger partial charge in [-0.3, -0.25) is 0 Å². The minimum absolute atomic E-state index is 1.10. The summed E-state index contributed by atoms with van der Waals surface area (Å²) in [5, 5.41) is 5.12. The van der Waals surface area contributed by atoms with Gasteiger partial charge in [0.25, 0.3) is 0 Å². The Morgan fingerprint density at radius 3 is 1.33 bits per heavy atom. The zero-order valence-electron chi connectivity index (χ0n) is 32.9. The molecule has 282 valence electrons. The first-order valence-corrected chi connectivity index (χ1v) is 21.3. The third-order valence-corrected chi connectivity index (χ3v) is 12.9. The molecule has 0 bridgehead atoms. The molecule has 0 saturated heterocycles. The first-order valence-electron chi connectivity index (χ1n) is 20.5. The molecule has 0 atom stereocenters. The molecule has 0 aliphatic heterocycles. The molecular formula is C58H39NS. The molecule has 0 spiro atoms. The number of hydrogen-bond acceptors (Lipinski definition) is 2. The van der Waals surface area contributed by atoms with Crippen LogP contribution in [0.5, 0.6) is 0 Å². The summed E-state index contributed by atoms with van der Waals surface area (Å²) in [6.07, 6.45) is 0. The van der Waals surface area contributed by atoms with Gasteiger partial charge >= 0.3 is 0 Å². The Hall–Kier alpha value is -7.52. The maximum Gasteiger partial charge on any atom is 0.0462 e. The molecule has 1 heterocycles. The largest absolute Gasteiger partial charge is 0.311 e. The highest BCUT2D eigenvalue weighted by molar-refractivity contribution is 7.26. The number of hydrogen-bond donors (Lipinski definition) is 0. The fourth-order valence-corrected chi connectivity index (χ4v) is 9.99. The Morgan fingerprint density at radius 2 is 0.717 bits per heavy atom. The van der Waals surface area contributed by atoms with Crippen molar-refractivity contribution < 1.29 is 0 Å². The normalized spacial score (nSPS) is 11.3. The second-order valence-electron chi connectivity index (χ2n) is 15.3. The summed E-state index contributed by atoms with van der Waals surface area (Å²) in [7, 11) is 0. The zero-order chi connectivity index (χ0) is 39.8. The van der Waals surface area contributed by atoms with Crippen LogP contribution in [0.3, 0.4) is 0 Å². The fourth-order valence-electron chi connectivity index (χ4n) is 8.71. The lowest BCUT2D eigenvalue weighted by molar-refractivity contribution is 1.28. The zero-order valence-corrected chi connectivity index (χ0v) is 33.7. The summed E-state index contributed by atoms with van der Waals surface area (Å²) >= 11 is 1.89. The van der Waals surface area contributed by atoms with Gasteiger partial charge in [0.2, 0.25) is 0 Å². The number of anilines is 3. The maximum absolute atomic E-state index is 2.36. The van der Waals surface area contributed by atoms with E-state index in [1.165, 1.54) is 86.6 Å². The lowest BCUT2D eigenvalue weighted by Gasteiger charge is -2.26. The van der Waals surface area contributed by atoms with E-state index in [0.717, 1.165) is 17.1 Å². The van der Waals surface area contributed by atoms with Gasteiger partial charge in [-0.2, -0.15) is 0 Å². The summed E-state index contributed by atoms with van der Waals surface area (Å²) < 4.78 is 2.62. The van der Waals surface area contributed by atoms with Crippen LogP contribution in [0.2, 0.25) is 0 Å². The molecule has 11 rings (SSSR count). The molecule has 0 unspecified atom stereocenters. The van der Waals surface area contributed by atoms with E-state index < -0.39 is 0 Å². The van der Waals surface area contributed by atoms with E-state index in [1.807, 2.05) is 11.3 Å². The molecule has 11 aromatic rings. The van der Waals surface area contributed by atoms with E-state index in [9.17, 15) is 0 Å². The second kappa shape index (κ2) is 15.3. The average molecular weight is 782 g/mol. The summed E-state index contributed by atoms with van der Waals surface area (Å²) in [6, 6.07) is 86.0. The second-order valence-corrected chi connectivity index (χ2v) is 16.3. The number of nitrogens with zero attached hydrogens (tertiary/aromatic N) is 1. The highest BCUT2D eigenvalue weighted by atomic mass is 32.1. The third kappa shape index (κ3) is 6.54. The van der Waals surface area contributed by atoms with Gasteiger partial charge in [0, 0.05) is 42.8 Å². The molecule has 0 aliphatic carbocycles. The topological polar surface area (TPSA) is 3.24 Å². The first kappa shape index (κ1) is 35.6. The van der Waals surface area contributed by atoms with Crippen LogP contribution < -0.4 is 4.90 Å². The van der Waals surface area contributed by atoms with E-state index >= 15 is 0 Å². The van der Waals surface area contributed by atoms with Crippen LogP contribution in [-0.4, -0.2) is 0 Å². The van der Waals surface area contributed by atoms with Gasteiger partial charge in [0.1, 0.15) is 0 Å². The predicted octanol–water partition coefficient (Wildman–Crippen LogP) is 17.0. The van der Waals surface area contributed by atoms with E-state index in [4.69, 9.17) is 0 Å². The summed E-state index contributed by atoms with van der Waals surface area (Å²) in [5.41, 5.74) is 15.5. The number of thiophene rings is 1. The Kier molecular flexibility index (Phi) is 9.11. The van der Waals surface area contributed by atoms with Gasteiger partial charge in [0.15, 0.2) is 0 Å². The highest BCUT2D eigenvalue weighted by Gasteiger charge is 2.18. The molecule has 1 aromatic heterocycles. The molecule has 0 radical (unpaired) electrons. The van der Waals surface area contributed by atoms with Crippen molar-refractivity contribution in [2.45, 2.75) is 0 Å². The van der Waals surface area contributed by atoms with E-state index in [2.05, 4.69) is 241 Å². The van der Waals surface area contributed by atoms with E-state index in [0.29, 0.717) is 0 Å². The highest BCUT2D eigenvalue weighted by Crippen LogP contribution is 2.46. The predicted molar refractivity (Wildman–Crippen MR) is 259 cm³/mol. The van der Waals surface area contributed by atoms with Crippen LogP contribution in [0.25, 0.3) is 86.6 Å². The molecule has 0 aliphatic rings.